The lowest BCUT2D eigenvalue weighted by atomic mass is 9.96. The first-order chi connectivity index (χ1) is 11.4. The van der Waals surface area contributed by atoms with Crippen molar-refractivity contribution in [1.29, 1.82) is 0 Å². The number of methoxy groups -OCH3 is 1. The number of amides is 1. The van der Waals surface area contributed by atoms with Gasteiger partial charge in [0.2, 0.25) is 5.91 Å². The van der Waals surface area contributed by atoms with Crippen molar-refractivity contribution >= 4 is 11.9 Å². The highest BCUT2D eigenvalue weighted by Gasteiger charge is 2.26. The van der Waals surface area contributed by atoms with Crippen molar-refractivity contribution in [1.82, 2.24) is 9.80 Å². The highest BCUT2D eigenvalue weighted by atomic mass is 16.5. The summed E-state index contributed by atoms with van der Waals surface area (Å²) >= 11 is 0. The predicted molar refractivity (Wildman–Crippen MR) is 90.3 cm³/mol. The van der Waals surface area contributed by atoms with Crippen molar-refractivity contribution in [3.05, 3.63) is 29.3 Å². The molecule has 7 heteroatoms. The van der Waals surface area contributed by atoms with E-state index in [2.05, 4.69) is 16.8 Å². The number of ether oxygens (including phenoxy) is 1. The van der Waals surface area contributed by atoms with Crippen molar-refractivity contribution in [2.75, 3.05) is 40.3 Å². The normalized spacial score (nSPS) is 17.4. The summed E-state index contributed by atoms with van der Waals surface area (Å²) in [4.78, 5) is 27.6. The van der Waals surface area contributed by atoms with E-state index in [1.54, 1.807) is 18.2 Å². The van der Waals surface area contributed by atoms with Gasteiger partial charge >= 0.3 is 5.97 Å². The topological polar surface area (TPSA) is 96.1 Å². The van der Waals surface area contributed by atoms with Crippen LogP contribution in [-0.2, 0) is 11.2 Å². The second-order valence-corrected chi connectivity index (χ2v) is 6.17. The van der Waals surface area contributed by atoms with Crippen LogP contribution in [0.5, 0.6) is 5.75 Å². The van der Waals surface area contributed by atoms with Crippen LogP contribution in [0.3, 0.4) is 0 Å². The smallest absolute Gasteiger partial charge is 0.339 e. The van der Waals surface area contributed by atoms with Gasteiger partial charge in [0.1, 0.15) is 11.3 Å². The minimum Gasteiger partial charge on any atom is -0.496 e. The molecule has 1 aliphatic rings. The van der Waals surface area contributed by atoms with Gasteiger partial charge in [-0.2, -0.15) is 0 Å². The number of piperazine rings is 1. The summed E-state index contributed by atoms with van der Waals surface area (Å²) in [5.74, 6) is -1.08. The van der Waals surface area contributed by atoms with Gasteiger partial charge in [-0.3, -0.25) is 9.69 Å². The van der Waals surface area contributed by atoms with E-state index >= 15 is 0 Å². The second-order valence-electron chi connectivity index (χ2n) is 6.17. The molecule has 1 fully saturated rings. The number of benzene rings is 1. The fraction of sp³-hybridized carbons (Fsp3) is 0.529. The second kappa shape index (κ2) is 8.12. The number of carbonyl (C=O) groups excluding carboxylic acids is 1. The number of nitrogens with two attached hydrogens (primary N) is 1. The van der Waals surface area contributed by atoms with E-state index in [0.29, 0.717) is 17.7 Å². The number of primary amides is 1. The summed E-state index contributed by atoms with van der Waals surface area (Å²) in [6, 6.07) is 5.06. The van der Waals surface area contributed by atoms with E-state index in [1.165, 1.54) is 7.11 Å². The third kappa shape index (κ3) is 4.46. The lowest BCUT2D eigenvalue weighted by Crippen LogP contribution is -2.50. The maximum absolute atomic E-state index is 11.6. The van der Waals surface area contributed by atoms with E-state index in [1.807, 2.05) is 0 Å². The van der Waals surface area contributed by atoms with Crippen LogP contribution < -0.4 is 10.5 Å². The standard InChI is InChI=1S/C17H25N3O4/c1-19-6-8-20(9-7-19)13(11-15(18)21)10-12-4-3-5-14(24-2)16(12)17(22)23/h3-5,13H,6-11H2,1-2H3,(H2,18,21)(H,22,23). The number of likely N-dealkylation sites (N-methyl/N-ethyl adjacent to an activating group) is 1. The number of aromatic carboxylic acids is 1. The molecule has 1 aromatic carbocycles. The van der Waals surface area contributed by atoms with Crippen LogP contribution in [0.25, 0.3) is 0 Å². The summed E-state index contributed by atoms with van der Waals surface area (Å²) in [5.41, 5.74) is 6.23. The van der Waals surface area contributed by atoms with Crippen molar-refractivity contribution in [3.63, 3.8) is 0 Å². The SMILES string of the molecule is COc1cccc(CC(CC(N)=O)N2CCN(C)CC2)c1C(=O)O. The number of rotatable bonds is 7. The quantitative estimate of drug-likeness (QED) is 0.750. The van der Waals surface area contributed by atoms with E-state index < -0.39 is 5.97 Å². The van der Waals surface area contributed by atoms with Gasteiger partial charge in [-0.25, -0.2) is 4.79 Å². The molecular formula is C17H25N3O4. The van der Waals surface area contributed by atoms with Gasteiger partial charge in [-0.1, -0.05) is 12.1 Å². The minimum absolute atomic E-state index is 0.110. The molecule has 1 amide bonds. The molecule has 132 valence electrons. The fourth-order valence-corrected chi connectivity index (χ4v) is 3.16. The number of hydrogen-bond donors (Lipinski definition) is 2. The third-order valence-corrected chi connectivity index (χ3v) is 4.49. The number of carboxylic acids is 1. The van der Waals surface area contributed by atoms with E-state index in [4.69, 9.17) is 10.5 Å². The van der Waals surface area contributed by atoms with E-state index in [0.717, 1.165) is 26.2 Å². The van der Waals surface area contributed by atoms with Crippen LogP contribution >= 0.6 is 0 Å². The highest BCUT2D eigenvalue weighted by Crippen LogP contribution is 2.25. The molecule has 0 aromatic heterocycles. The number of carboxylic acid groups (broad SMARTS) is 1. The van der Waals surface area contributed by atoms with Crippen molar-refractivity contribution in [2.45, 2.75) is 18.9 Å². The van der Waals surface area contributed by atoms with Gasteiger partial charge in [-0.05, 0) is 25.1 Å². The molecule has 3 N–H and O–H groups in total. The summed E-state index contributed by atoms with van der Waals surface area (Å²) in [7, 11) is 3.51. The van der Waals surface area contributed by atoms with Crippen LogP contribution in [0.4, 0.5) is 0 Å². The Balaban J connectivity index is 2.26. The van der Waals surface area contributed by atoms with E-state index in [-0.39, 0.29) is 23.9 Å². The van der Waals surface area contributed by atoms with Gasteiger partial charge in [0.25, 0.3) is 0 Å². The zero-order chi connectivity index (χ0) is 17.7. The Morgan fingerprint density at radius 3 is 2.50 bits per heavy atom. The summed E-state index contributed by atoms with van der Waals surface area (Å²) in [5, 5.41) is 9.53. The Hall–Kier alpha value is -2.12. The molecule has 1 unspecified atom stereocenters. The summed E-state index contributed by atoms with van der Waals surface area (Å²) in [6.07, 6.45) is 0.658. The van der Waals surface area contributed by atoms with Crippen molar-refractivity contribution in [2.24, 2.45) is 5.73 Å². The lowest BCUT2D eigenvalue weighted by molar-refractivity contribution is -0.119. The first kappa shape index (κ1) is 18.2. The minimum atomic E-state index is -1.03. The molecule has 1 aromatic rings. The molecule has 0 aliphatic carbocycles. The Labute approximate surface area is 142 Å². The van der Waals surface area contributed by atoms with Crippen LogP contribution in [0.15, 0.2) is 18.2 Å². The predicted octanol–water partition coefficient (Wildman–Crippen LogP) is 0.427. The van der Waals surface area contributed by atoms with Crippen molar-refractivity contribution in [3.8, 4) is 5.75 Å². The Morgan fingerprint density at radius 1 is 1.29 bits per heavy atom. The maximum atomic E-state index is 11.6. The Kier molecular flexibility index (Phi) is 6.16. The summed E-state index contributed by atoms with van der Waals surface area (Å²) < 4.78 is 5.18. The molecule has 1 heterocycles. The van der Waals surface area contributed by atoms with Crippen molar-refractivity contribution < 1.29 is 19.4 Å². The molecule has 1 saturated heterocycles. The number of carbonyl (C=O) groups is 2. The van der Waals surface area contributed by atoms with Crippen LogP contribution in [0, 0.1) is 0 Å². The monoisotopic (exact) mass is 335 g/mol. The average molecular weight is 335 g/mol. The Bertz CT molecular complexity index is 597. The highest BCUT2D eigenvalue weighted by molar-refractivity contribution is 5.92. The average Bonchev–Trinajstić information content (AvgIpc) is 2.54. The molecule has 0 radical (unpaired) electrons. The third-order valence-electron chi connectivity index (χ3n) is 4.49. The first-order valence-corrected chi connectivity index (χ1v) is 8.02. The van der Waals surface area contributed by atoms with Gasteiger partial charge in [0.05, 0.1) is 7.11 Å². The fourth-order valence-electron chi connectivity index (χ4n) is 3.16. The van der Waals surface area contributed by atoms with Crippen LogP contribution in [-0.4, -0.2) is 73.2 Å². The zero-order valence-corrected chi connectivity index (χ0v) is 14.2. The van der Waals surface area contributed by atoms with Gasteiger partial charge < -0.3 is 20.5 Å². The molecule has 0 saturated carbocycles. The maximum Gasteiger partial charge on any atom is 0.339 e. The molecule has 0 bridgehead atoms. The largest absolute Gasteiger partial charge is 0.496 e. The molecule has 0 spiro atoms. The van der Waals surface area contributed by atoms with Crippen LogP contribution in [0.2, 0.25) is 0 Å². The number of nitrogens with zero attached hydrogens (tertiary/aromatic N) is 2. The molecular weight excluding hydrogens is 310 g/mol. The zero-order valence-electron chi connectivity index (χ0n) is 14.2. The van der Waals surface area contributed by atoms with Crippen LogP contribution in [0.1, 0.15) is 22.3 Å². The lowest BCUT2D eigenvalue weighted by Gasteiger charge is -2.38. The molecule has 24 heavy (non-hydrogen) atoms. The molecule has 7 nitrogen and oxygen atoms in total. The van der Waals surface area contributed by atoms with Gasteiger partial charge in [-0.15, -0.1) is 0 Å². The Morgan fingerprint density at radius 2 is 1.96 bits per heavy atom. The first-order valence-electron chi connectivity index (χ1n) is 8.02. The molecule has 1 aliphatic heterocycles. The summed E-state index contributed by atoms with van der Waals surface area (Å²) in [6.45, 7) is 3.50. The van der Waals surface area contributed by atoms with E-state index in [9.17, 15) is 14.7 Å². The molecule has 2 rings (SSSR count). The van der Waals surface area contributed by atoms with Gasteiger partial charge in [0.15, 0.2) is 0 Å². The van der Waals surface area contributed by atoms with Gasteiger partial charge in [0, 0.05) is 38.6 Å². The molecule has 1 atom stereocenters. The number of hydrogen-bond acceptors (Lipinski definition) is 5.